The number of rotatable bonds is 3. The molecule has 1 fully saturated rings. The number of aliphatic carboxylic acids is 1. The summed E-state index contributed by atoms with van der Waals surface area (Å²) >= 11 is 0. The van der Waals surface area contributed by atoms with Gasteiger partial charge in [0.2, 0.25) is 5.91 Å². The number of ether oxygens (including phenoxy) is 1. The third-order valence-electron chi connectivity index (χ3n) is 5.08. The Balaban J connectivity index is 1.81. The average Bonchev–Trinajstić information content (AvgIpc) is 2.82. The Labute approximate surface area is 136 Å². The maximum atomic E-state index is 12.8. The lowest BCUT2D eigenvalue weighted by Crippen LogP contribution is -2.48. The number of hydrogen-bond acceptors (Lipinski definition) is 3. The van der Waals surface area contributed by atoms with Crippen LogP contribution < -0.4 is 5.32 Å². The molecule has 23 heavy (non-hydrogen) atoms. The van der Waals surface area contributed by atoms with Gasteiger partial charge >= 0.3 is 5.97 Å². The first-order chi connectivity index (χ1) is 11.1. The van der Waals surface area contributed by atoms with E-state index in [4.69, 9.17) is 4.74 Å². The topological polar surface area (TPSA) is 75.6 Å². The predicted molar refractivity (Wildman–Crippen MR) is 84.8 cm³/mol. The second-order valence-electron chi connectivity index (χ2n) is 6.54. The molecule has 1 atom stereocenters. The maximum Gasteiger partial charge on any atom is 0.319 e. The summed E-state index contributed by atoms with van der Waals surface area (Å²) in [6.07, 6.45) is 4.41. The number of benzene rings is 1. The molecule has 1 aliphatic carbocycles. The van der Waals surface area contributed by atoms with Crippen LogP contribution in [0.3, 0.4) is 0 Å². The number of nitrogens with one attached hydrogen (secondary N) is 1. The van der Waals surface area contributed by atoms with Crippen LogP contribution in [0, 0.1) is 5.41 Å². The summed E-state index contributed by atoms with van der Waals surface area (Å²) in [5.41, 5.74) is 0.790. The number of carboxylic acids is 1. The van der Waals surface area contributed by atoms with Crippen molar-refractivity contribution in [2.24, 2.45) is 5.41 Å². The van der Waals surface area contributed by atoms with Gasteiger partial charge in [-0.25, -0.2) is 0 Å². The Hall–Kier alpha value is -1.88. The summed E-state index contributed by atoms with van der Waals surface area (Å²) in [5.74, 6) is -1.36. The summed E-state index contributed by atoms with van der Waals surface area (Å²) in [6.45, 7) is 0.922. The van der Waals surface area contributed by atoms with Crippen LogP contribution in [-0.2, 0) is 20.9 Å². The average molecular weight is 317 g/mol. The van der Waals surface area contributed by atoms with Gasteiger partial charge < -0.3 is 15.2 Å². The minimum atomic E-state index is -1.29. The fraction of sp³-hybridized carbons (Fsp3) is 0.556. The number of amides is 1. The molecule has 2 N–H and O–H groups in total. The van der Waals surface area contributed by atoms with Crippen molar-refractivity contribution >= 4 is 11.9 Å². The lowest BCUT2D eigenvalue weighted by Gasteiger charge is -2.32. The molecule has 0 aromatic heterocycles. The molecule has 124 valence electrons. The fourth-order valence-electron chi connectivity index (χ4n) is 3.67. The van der Waals surface area contributed by atoms with Gasteiger partial charge in [-0.3, -0.25) is 9.59 Å². The fourth-order valence-corrected chi connectivity index (χ4v) is 3.67. The highest BCUT2D eigenvalue weighted by Gasteiger charge is 2.46. The van der Waals surface area contributed by atoms with Crippen LogP contribution >= 0.6 is 0 Å². The van der Waals surface area contributed by atoms with Crippen LogP contribution in [0.2, 0.25) is 0 Å². The van der Waals surface area contributed by atoms with E-state index in [1.807, 2.05) is 24.3 Å². The minimum Gasteiger partial charge on any atom is -0.480 e. The highest BCUT2D eigenvalue weighted by atomic mass is 16.5. The quantitative estimate of drug-likeness (QED) is 0.664. The van der Waals surface area contributed by atoms with E-state index >= 15 is 0 Å². The molecule has 0 spiro atoms. The van der Waals surface area contributed by atoms with E-state index < -0.39 is 11.4 Å². The SMILES string of the molecule is O=C(O)C1(C(=O)NC2COCc3ccccc32)CCCCCC1. The van der Waals surface area contributed by atoms with Crippen LogP contribution in [0.4, 0.5) is 0 Å². The number of carbonyl (C=O) groups is 2. The van der Waals surface area contributed by atoms with Gasteiger partial charge in [-0.15, -0.1) is 0 Å². The zero-order valence-corrected chi connectivity index (χ0v) is 13.2. The van der Waals surface area contributed by atoms with Crippen LogP contribution in [0.15, 0.2) is 24.3 Å². The van der Waals surface area contributed by atoms with Gasteiger partial charge in [0.25, 0.3) is 0 Å². The van der Waals surface area contributed by atoms with E-state index in [2.05, 4.69) is 5.32 Å². The van der Waals surface area contributed by atoms with Gasteiger partial charge in [-0.2, -0.15) is 0 Å². The van der Waals surface area contributed by atoms with Crippen LogP contribution in [0.25, 0.3) is 0 Å². The van der Waals surface area contributed by atoms with Crippen molar-refractivity contribution in [2.75, 3.05) is 6.61 Å². The first kappa shape index (κ1) is 16.0. The molecule has 2 aliphatic rings. The Morgan fingerprint density at radius 1 is 1.13 bits per heavy atom. The van der Waals surface area contributed by atoms with Crippen LogP contribution in [-0.4, -0.2) is 23.6 Å². The number of carboxylic acid groups (broad SMARTS) is 1. The molecule has 5 heteroatoms. The van der Waals surface area contributed by atoms with E-state index in [1.165, 1.54) is 0 Å². The second-order valence-corrected chi connectivity index (χ2v) is 6.54. The summed E-state index contributed by atoms with van der Waals surface area (Å²) in [7, 11) is 0. The smallest absolute Gasteiger partial charge is 0.319 e. The van der Waals surface area contributed by atoms with E-state index in [0.29, 0.717) is 26.1 Å². The Morgan fingerprint density at radius 2 is 1.83 bits per heavy atom. The summed E-state index contributed by atoms with van der Waals surface area (Å²) in [5, 5.41) is 12.7. The molecule has 1 aliphatic heterocycles. The number of fused-ring (bicyclic) bond motifs is 1. The van der Waals surface area contributed by atoms with Crippen LogP contribution in [0.1, 0.15) is 55.7 Å². The highest BCUT2D eigenvalue weighted by Crippen LogP contribution is 2.37. The van der Waals surface area contributed by atoms with Crippen LogP contribution in [0.5, 0.6) is 0 Å². The third kappa shape index (κ3) is 3.11. The molecule has 3 rings (SSSR count). The zero-order chi connectivity index (χ0) is 16.3. The molecule has 0 saturated heterocycles. The van der Waals surface area contributed by atoms with Gasteiger partial charge in [-0.05, 0) is 24.0 Å². The van der Waals surface area contributed by atoms with Gasteiger partial charge in [0.1, 0.15) is 5.41 Å². The first-order valence-corrected chi connectivity index (χ1v) is 8.33. The lowest BCUT2D eigenvalue weighted by atomic mass is 9.79. The summed E-state index contributed by atoms with van der Waals surface area (Å²) in [4.78, 5) is 24.7. The van der Waals surface area contributed by atoms with Crippen molar-refractivity contribution in [3.63, 3.8) is 0 Å². The minimum absolute atomic E-state index is 0.271. The lowest BCUT2D eigenvalue weighted by molar-refractivity contribution is -0.157. The van der Waals surface area contributed by atoms with Crippen molar-refractivity contribution in [3.05, 3.63) is 35.4 Å². The van der Waals surface area contributed by atoms with Crippen molar-refractivity contribution in [3.8, 4) is 0 Å². The Bertz CT molecular complexity index is 590. The molecule has 1 amide bonds. The molecule has 1 heterocycles. The van der Waals surface area contributed by atoms with Crippen molar-refractivity contribution in [1.29, 1.82) is 0 Å². The largest absolute Gasteiger partial charge is 0.480 e. The third-order valence-corrected chi connectivity index (χ3v) is 5.08. The number of hydrogen-bond donors (Lipinski definition) is 2. The highest BCUT2D eigenvalue weighted by molar-refractivity contribution is 6.02. The van der Waals surface area contributed by atoms with Gasteiger partial charge in [0.15, 0.2) is 0 Å². The summed E-state index contributed by atoms with van der Waals surface area (Å²) in [6, 6.07) is 7.56. The van der Waals surface area contributed by atoms with E-state index in [0.717, 1.165) is 36.8 Å². The molecular weight excluding hydrogens is 294 g/mol. The van der Waals surface area contributed by atoms with Crippen molar-refractivity contribution < 1.29 is 19.4 Å². The van der Waals surface area contributed by atoms with E-state index in [-0.39, 0.29) is 11.9 Å². The Kier molecular flexibility index (Phi) is 4.66. The van der Waals surface area contributed by atoms with Crippen molar-refractivity contribution in [2.45, 2.75) is 51.2 Å². The molecule has 5 nitrogen and oxygen atoms in total. The van der Waals surface area contributed by atoms with Gasteiger partial charge in [0, 0.05) is 0 Å². The molecule has 0 bridgehead atoms. The van der Waals surface area contributed by atoms with Gasteiger partial charge in [-0.1, -0.05) is 49.9 Å². The monoisotopic (exact) mass is 317 g/mol. The molecule has 0 radical (unpaired) electrons. The van der Waals surface area contributed by atoms with E-state index in [9.17, 15) is 14.7 Å². The Morgan fingerprint density at radius 3 is 2.52 bits per heavy atom. The van der Waals surface area contributed by atoms with Crippen molar-refractivity contribution in [1.82, 2.24) is 5.32 Å². The first-order valence-electron chi connectivity index (χ1n) is 8.33. The maximum absolute atomic E-state index is 12.8. The normalized spacial score (nSPS) is 23.4. The second kappa shape index (κ2) is 6.71. The van der Waals surface area contributed by atoms with Gasteiger partial charge in [0.05, 0.1) is 19.3 Å². The van der Waals surface area contributed by atoms with E-state index in [1.54, 1.807) is 0 Å². The zero-order valence-electron chi connectivity index (χ0n) is 13.2. The molecule has 1 aromatic rings. The molecule has 1 aromatic carbocycles. The summed E-state index contributed by atoms with van der Waals surface area (Å²) < 4.78 is 5.55. The molecule has 1 unspecified atom stereocenters. The standard InChI is InChI=1S/C18H23NO4/c20-16(18(17(21)22)9-5-1-2-6-10-18)19-15-12-23-11-13-7-3-4-8-14(13)15/h3-4,7-8,15H,1-2,5-6,9-12H2,(H,19,20)(H,21,22). The number of carbonyl (C=O) groups excluding carboxylic acids is 1. The molecule has 1 saturated carbocycles. The predicted octanol–water partition coefficient (Wildman–Crippen LogP) is 2.80. The molecular formula is C18H23NO4.